The fourth-order valence-corrected chi connectivity index (χ4v) is 3.43. The van der Waals surface area contributed by atoms with E-state index < -0.39 is 10.0 Å². The minimum atomic E-state index is -3.77. The van der Waals surface area contributed by atoms with Gasteiger partial charge in [0.25, 0.3) is 0 Å². The van der Waals surface area contributed by atoms with Gasteiger partial charge in [0.15, 0.2) is 0 Å². The SMILES string of the molecule is Nc1ccc(-c2ccnc(Nc3ccc(S(N)(=O)=O)cc3)n2)cc1C(=O)c1ccncn1. The smallest absolute Gasteiger partial charge is 0.238 e. The first kappa shape index (κ1) is 21.0. The number of rotatable bonds is 6. The van der Waals surface area contributed by atoms with E-state index in [1.807, 2.05) is 0 Å². The summed E-state index contributed by atoms with van der Waals surface area (Å²) in [6, 6.07) is 14.1. The molecule has 0 amide bonds. The molecule has 0 aliphatic rings. The Morgan fingerprint density at radius 3 is 2.41 bits per heavy atom. The second-order valence-corrected chi connectivity index (χ2v) is 8.25. The Hall–Kier alpha value is -4.22. The molecule has 2 heterocycles. The highest BCUT2D eigenvalue weighted by atomic mass is 32.2. The molecule has 0 saturated carbocycles. The normalized spacial score (nSPS) is 11.2. The van der Waals surface area contributed by atoms with E-state index in [1.54, 1.807) is 42.6 Å². The van der Waals surface area contributed by atoms with E-state index in [4.69, 9.17) is 10.9 Å². The van der Waals surface area contributed by atoms with Crippen molar-refractivity contribution in [1.29, 1.82) is 0 Å². The van der Waals surface area contributed by atoms with Gasteiger partial charge in [-0.2, -0.15) is 0 Å². The summed E-state index contributed by atoms with van der Waals surface area (Å²) in [6.07, 6.45) is 4.34. The first-order chi connectivity index (χ1) is 15.3. The van der Waals surface area contributed by atoms with Gasteiger partial charge in [0, 0.05) is 34.9 Å². The van der Waals surface area contributed by atoms with Crippen LogP contribution in [0.15, 0.2) is 78.2 Å². The molecule has 5 N–H and O–H groups in total. The van der Waals surface area contributed by atoms with Gasteiger partial charge in [0.05, 0.1) is 10.6 Å². The summed E-state index contributed by atoms with van der Waals surface area (Å²) in [7, 11) is -3.77. The van der Waals surface area contributed by atoms with Crippen LogP contribution in [0.2, 0.25) is 0 Å². The lowest BCUT2D eigenvalue weighted by Crippen LogP contribution is -2.11. The van der Waals surface area contributed by atoms with Crippen LogP contribution in [0.3, 0.4) is 0 Å². The van der Waals surface area contributed by atoms with Gasteiger partial charge in [-0.3, -0.25) is 4.79 Å². The van der Waals surface area contributed by atoms with Crippen molar-refractivity contribution in [2.45, 2.75) is 4.90 Å². The molecule has 0 unspecified atom stereocenters. The van der Waals surface area contributed by atoms with Gasteiger partial charge < -0.3 is 11.1 Å². The van der Waals surface area contributed by atoms with E-state index in [1.165, 1.54) is 30.7 Å². The van der Waals surface area contributed by atoms with Gasteiger partial charge in [0.2, 0.25) is 21.8 Å². The first-order valence-corrected chi connectivity index (χ1v) is 10.8. The van der Waals surface area contributed by atoms with Gasteiger partial charge in [-0.1, -0.05) is 6.07 Å². The zero-order valence-electron chi connectivity index (χ0n) is 16.5. The number of carbonyl (C=O) groups is 1. The number of aromatic nitrogens is 4. The van der Waals surface area contributed by atoms with Crippen molar-refractivity contribution < 1.29 is 13.2 Å². The Morgan fingerprint density at radius 2 is 1.72 bits per heavy atom. The number of nitrogen functional groups attached to an aromatic ring is 1. The van der Waals surface area contributed by atoms with Crippen molar-refractivity contribution in [3.63, 3.8) is 0 Å². The summed E-state index contributed by atoms with van der Waals surface area (Å²) in [5.74, 6) is -0.0412. The largest absolute Gasteiger partial charge is 0.398 e. The van der Waals surface area contributed by atoms with E-state index in [-0.39, 0.29) is 22.3 Å². The highest BCUT2D eigenvalue weighted by molar-refractivity contribution is 7.89. The molecule has 0 aliphatic heterocycles. The lowest BCUT2D eigenvalue weighted by Gasteiger charge is -2.09. The maximum Gasteiger partial charge on any atom is 0.238 e. The Balaban J connectivity index is 1.61. The number of nitrogens with two attached hydrogens (primary N) is 2. The van der Waals surface area contributed by atoms with Crippen molar-refractivity contribution in [2.24, 2.45) is 5.14 Å². The van der Waals surface area contributed by atoms with Gasteiger partial charge in [-0.05, 0) is 48.5 Å². The van der Waals surface area contributed by atoms with Crippen LogP contribution in [0.4, 0.5) is 17.3 Å². The van der Waals surface area contributed by atoms with Gasteiger partial charge in [0.1, 0.15) is 12.0 Å². The lowest BCUT2D eigenvalue weighted by atomic mass is 10.0. The fourth-order valence-electron chi connectivity index (χ4n) is 2.91. The van der Waals surface area contributed by atoms with E-state index in [0.29, 0.717) is 28.2 Å². The zero-order chi connectivity index (χ0) is 22.7. The monoisotopic (exact) mass is 447 g/mol. The van der Waals surface area contributed by atoms with Crippen molar-refractivity contribution in [3.8, 4) is 11.3 Å². The van der Waals surface area contributed by atoms with E-state index in [2.05, 4.69) is 25.3 Å². The minimum Gasteiger partial charge on any atom is -0.398 e. The number of anilines is 3. The quantitative estimate of drug-likeness (QED) is 0.296. The van der Waals surface area contributed by atoms with E-state index in [0.717, 1.165) is 0 Å². The third-order valence-electron chi connectivity index (χ3n) is 4.50. The second-order valence-electron chi connectivity index (χ2n) is 6.69. The molecule has 2 aromatic carbocycles. The lowest BCUT2D eigenvalue weighted by molar-refractivity contribution is 0.103. The molecule has 0 saturated heterocycles. The number of sulfonamides is 1. The summed E-state index contributed by atoms with van der Waals surface area (Å²) in [5.41, 5.74) is 8.66. The van der Waals surface area contributed by atoms with Crippen molar-refractivity contribution in [1.82, 2.24) is 19.9 Å². The molecule has 10 nitrogen and oxygen atoms in total. The number of hydrogen-bond acceptors (Lipinski definition) is 9. The van der Waals surface area contributed by atoms with Gasteiger partial charge in [-0.15, -0.1) is 0 Å². The van der Waals surface area contributed by atoms with Crippen molar-refractivity contribution >= 4 is 33.1 Å². The van der Waals surface area contributed by atoms with Crippen molar-refractivity contribution in [2.75, 3.05) is 11.1 Å². The summed E-state index contributed by atoms with van der Waals surface area (Å²) in [4.78, 5) is 29.2. The van der Waals surface area contributed by atoms with Crippen LogP contribution in [0.1, 0.15) is 16.1 Å². The number of hydrogen-bond donors (Lipinski definition) is 3. The number of primary sulfonamides is 1. The van der Waals surface area contributed by atoms with Crippen molar-refractivity contribution in [3.05, 3.63) is 84.6 Å². The van der Waals surface area contributed by atoms with Gasteiger partial charge in [-0.25, -0.2) is 33.5 Å². The topological polar surface area (TPSA) is 167 Å². The molecule has 32 heavy (non-hydrogen) atoms. The molecule has 0 atom stereocenters. The minimum absolute atomic E-state index is 0.000442. The average molecular weight is 447 g/mol. The number of nitrogens with one attached hydrogen (secondary N) is 1. The summed E-state index contributed by atoms with van der Waals surface area (Å²) in [6.45, 7) is 0. The molecule has 4 aromatic rings. The van der Waals surface area contributed by atoms with Crippen LogP contribution < -0.4 is 16.2 Å². The maximum absolute atomic E-state index is 12.8. The predicted octanol–water partition coefficient (Wildman–Crippen LogP) is 2.14. The second kappa shape index (κ2) is 8.49. The molecule has 2 aromatic heterocycles. The maximum atomic E-state index is 12.8. The third kappa shape index (κ3) is 4.58. The summed E-state index contributed by atoms with van der Waals surface area (Å²) < 4.78 is 22.8. The van der Waals surface area contributed by atoms with Gasteiger partial charge >= 0.3 is 0 Å². The molecule has 0 radical (unpaired) electrons. The van der Waals surface area contributed by atoms with Crippen LogP contribution in [-0.4, -0.2) is 34.1 Å². The summed E-state index contributed by atoms with van der Waals surface area (Å²) >= 11 is 0. The Morgan fingerprint density at radius 1 is 0.938 bits per heavy atom. The molecule has 0 bridgehead atoms. The molecular weight excluding hydrogens is 430 g/mol. The van der Waals surface area contributed by atoms with E-state index in [9.17, 15) is 13.2 Å². The van der Waals surface area contributed by atoms with Crippen LogP contribution in [0.5, 0.6) is 0 Å². The number of nitrogens with zero attached hydrogens (tertiary/aromatic N) is 4. The molecule has 160 valence electrons. The number of ketones is 1. The molecule has 0 spiro atoms. The standard InChI is InChI=1S/C21H17N7O3S/c22-17-6-1-13(11-16(17)20(29)19-7-9-24-12-26-19)18-8-10-25-21(28-18)27-14-2-4-15(5-3-14)32(23,30)31/h1-12H,22H2,(H2,23,30,31)(H,25,27,28). The number of benzene rings is 2. The zero-order valence-corrected chi connectivity index (χ0v) is 17.3. The Kier molecular flexibility index (Phi) is 5.58. The predicted molar refractivity (Wildman–Crippen MR) is 118 cm³/mol. The first-order valence-electron chi connectivity index (χ1n) is 9.25. The highest BCUT2D eigenvalue weighted by Crippen LogP contribution is 2.25. The van der Waals surface area contributed by atoms with Crippen LogP contribution in [0.25, 0.3) is 11.3 Å². The van der Waals surface area contributed by atoms with Crippen LogP contribution in [-0.2, 0) is 10.0 Å². The van der Waals surface area contributed by atoms with E-state index >= 15 is 0 Å². The fraction of sp³-hybridized carbons (Fsp3) is 0. The number of carbonyl (C=O) groups excluding carboxylic acids is 1. The molecule has 11 heteroatoms. The molecule has 4 rings (SSSR count). The summed E-state index contributed by atoms with van der Waals surface area (Å²) in [5, 5.41) is 8.11. The highest BCUT2D eigenvalue weighted by Gasteiger charge is 2.15. The van der Waals surface area contributed by atoms with Crippen LogP contribution >= 0.6 is 0 Å². The Bertz CT molecular complexity index is 1390. The third-order valence-corrected chi connectivity index (χ3v) is 5.43. The van der Waals surface area contributed by atoms with Crippen LogP contribution in [0, 0.1) is 0 Å². The Labute approximate surface area is 183 Å². The molecule has 0 aliphatic carbocycles. The average Bonchev–Trinajstić information content (AvgIpc) is 2.79. The molecular formula is C21H17N7O3S. The molecule has 0 fully saturated rings.